The molecule has 146 valence electrons. The number of sulfone groups is 1. The Kier molecular flexibility index (Phi) is 3.96. The number of aromatic nitrogens is 5. The van der Waals surface area contributed by atoms with E-state index >= 15 is 0 Å². The monoisotopic (exact) mass is 409 g/mol. The zero-order valence-electron chi connectivity index (χ0n) is 14.8. The van der Waals surface area contributed by atoms with E-state index < -0.39 is 21.6 Å². The Labute approximate surface area is 157 Å². The number of aryl methyl sites for hydroxylation is 1. The van der Waals surface area contributed by atoms with Crippen LogP contribution < -0.4 is 0 Å². The first kappa shape index (κ1) is 18.4. The van der Waals surface area contributed by atoms with Crippen LogP contribution in [0.2, 0.25) is 0 Å². The molecule has 0 N–H and O–H groups in total. The largest absolute Gasteiger partial charge is 0.417 e. The molecular formula is C17H14F3N5O2S. The fourth-order valence-corrected chi connectivity index (χ4v) is 4.15. The van der Waals surface area contributed by atoms with Crippen LogP contribution in [0.25, 0.3) is 28.3 Å². The van der Waals surface area contributed by atoms with Gasteiger partial charge in [0.15, 0.2) is 26.3 Å². The van der Waals surface area contributed by atoms with Crippen LogP contribution in [-0.4, -0.2) is 38.1 Å². The Morgan fingerprint density at radius 2 is 1.93 bits per heavy atom. The predicted molar refractivity (Wildman–Crippen MR) is 95.4 cm³/mol. The highest BCUT2D eigenvalue weighted by Crippen LogP contribution is 2.33. The highest BCUT2D eigenvalue weighted by molar-refractivity contribution is 7.91. The SMILES string of the molecule is CCS(=O)(=O)c1c(-c2nc3cc(C(F)(F)F)cnc3n2C)nc2ccccn12. The molecule has 0 saturated heterocycles. The topological polar surface area (TPSA) is 82.1 Å². The minimum Gasteiger partial charge on any atom is -0.310 e. The first-order valence-corrected chi connectivity index (χ1v) is 9.88. The van der Waals surface area contributed by atoms with Crippen LogP contribution in [0.5, 0.6) is 0 Å². The molecule has 0 saturated carbocycles. The molecule has 4 aromatic rings. The fraction of sp³-hybridized carbons (Fsp3) is 0.235. The van der Waals surface area contributed by atoms with Crippen molar-refractivity contribution in [3.63, 3.8) is 0 Å². The van der Waals surface area contributed by atoms with E-state index in [0.717, 1.165) is 12.3 Å². The molecule has 0 amide bonds. The maximum absolute atomic E-state index is 13.0. The summed E-state index contributed by atoms with van der Waals surface area (Å²) in [7, 11) is -2.15. The van der Waals surface area contributed by atoms with Gasteiger partial charge in [0, 0.05) is 19.4 Å². The van der Waals surface area contributed by atoms with Crippen LogP contribution in [0, 0.1) is 0 Å². The highest BCUT2D eigenvalue weighted by Gasteiger charge is 2.32. The van der Waals surface area contributed by atoms with Crippen LogP contribution in [0.15, 0.2) is 41.7 Å². The summed E-state index contributed by atoms with van der Waals surface area (Å²) in [6.45, 7) is 1.51. The molecule has 28 heavy (non-hydrogen) atoms. The van der Waals surface area contributed by atoms with Crippen molar-refractivity contribution in [2.75, 3.05) is 5.75 Å². The zero-order valence-corrected chi connectivity index (χ0v) is 15.6. The molecule has 0 aliphatic carbocycles. The van der Waals surface area contributed by atoms with E-state index in [1.165, 1.54) is 15.9 Å². The van der Waals surface area contributed by atoms with Gasteiger partial charge in [-0.3, -0.25) is 4.40 Å². The highest BCUT2D eigenvalue weighted by atomic mass is 32.2. The van der Waals surface area contributed by atoms with E-state index in [2.05, 4.69) is 15.0 Å². The molecule has 0 fully saturated rings. The predicted octanol–water partition coefficient (Wildman–Crippen LogP) is 3.10. The van der Waals surface area contributed by atoms with Crippen molar-refractivity contribution in [2.24, 2.45) is 7.05 Å². The second kappa shape index (κ2) is 6.03. The molecule has 7 nitrogen and oxygen atoms in total. The Bertz CT molecular complexity index is 1320. The summed E-state index contributed by atoms with van der Waals surface area (Å²) in [5.41, 5.74) is -0.271. The third-order valence-corrected chi connectivity index (χ3v) is 6.15. The van der Waals surface area contributed by atoms with Crippen LogP contribution in [-0.2, 0) is 23.1 Å². The van der Waals surface area contributed by atoms with E-state index in [1.54, 1.807) is 31.4 Å². The number of rotatable bonds is 3. The molecule has 4 rings (SSSR count). The molecule has 0 aliphatic heterocycles. The van der Waals surface area contributed by atoms with Gasteiger partial charge < -0.3 is 4.57 Å². The third kappa shape index (κ3) is 2.73. The van der Waals surface area contributed by atoms with E-state index in [9.17, 15) is 21.6 Å². The van der Waals surface area contributed by atoms with Crippen molar-refractivity contribution < 1.29 is 21.6 Å². The number of halogens is 3. The molecule has 4 heterocycles. The smallest absolute Gasteiger partial charge is 0.310 e. The quantitative estimate of drug-likeness (QED) is 0.519. The Balaban J connectivity index is 2.04. The molecule has 4 aromatic heterocycles. The lowest BCUT2D eigenvalue weighted by molar-refractivity contribution is -0.137. The van der Waals surface area contributed by atoms with Crippen LogP contribution in [0.1, 0.15) is 12.5 Å². The number of nitrogens with zero attached hydrogens (tertiary/aromatic N) is 5. The van der Waals surface area contributed by atoms with E-state index in [0.29, 0.717) is 5.65 Å². The van der Waals surface area contributed by atoms with Gasteiger partial charge in [-0.1, -0.05) is 13.0 Å². The lowest BCUT2D eigenvalue weighted by atomic mass is 10.2. The van der Waals surface area contributed by atoms with Crippen molar-refractivity contribution in [1.29, 1.82) is 0 Å². The molecule has 0 unspecified atom stereocenters. The molecule has 0 spiro atoms. The maximum atomic E-state index is 13.0. The first-order chi connectivity index (χ1) is 13.1. The lowest BCUT2D eigenvalue weighted by Gasteiger charge is -2.05. The lowest BCUT2D eigenvalue weighted by Crippen LogP contribution is -2.09. The number of fused-ring (bicyclic) bond motifs is 2. The van der Waals surface area contributed by atoms with Crippen LogP contribution >= 0.6 is 0 Å². The summed E-state index contributed by atoms with van der Waals surface area (Å²) in [4.78, 5) is 12.5. The van der Waals surface area contributed by atoms with E-state index in [1.807, 2.05) is 0 Å². The van der Waals surface area contributed by atoms with Crippen LogP contribution in [0.3, 0.4) is 0 Å². The molecule has 0 atom stereocenters. The molecule has 0 aromatic carbocycles. The Morgan fingerprint density at radius 3 is 2.61 bits per heavy atom. The zero-order chi connectivity index (χ0) is 20.3. The summed E-state index contributed by atoms with van der Waals surface area (Å²) < 4.78 is 67.3. The van der Waals surface area contributed by atoms with E-state index in [-0.39, 0.29) is 33.5 Å². The van der Waals surface area contributed by atoms with Gasteiger partial charge in [-0.2, -0.15) is 13.2 Å². The number of hydrogen-bond donors (Lipinski definition) is 0. The van der Waals surface area contributed by atoms with E-state index in [4.69, 9.17) is 0 Å². The van der Waals surface area contributed by atoms with Crippen molar-refractivity contribution >= 4 is 26.6 Å². The van der Waals surface area contributed by atoms with Gasteiger partial charge in [0.1, 0.15) is 16.9 Å². The molecule has 11 heteroatoms. The summed E-state index contributed by atoms with van der Waals surface area (Å²) in [6, 6.07) is 5.90. The molecule has 0 aliphatic rings. The van der Waals surface area contributed by atoms with Crippen molar-refractivity contribution in [3.8, 4) is 11.5 Å². The summed E-state index contributed by atoms with van der Waals surface area (Å²) in [6.07, 6.45) is -2.27. The van der Waals surface area contributed by atoms with Gasteiger partial charge in [-0.05, 0) is 18.2 Å². The molecular weight excluding hydrogens is 395 g/mol. The van der Waals surface area contributed by atoms with Crippen LogP contribution in [0.4, 0.5) is 13.2 Å². The van der Waals surface area contributed by atoms with Gasteiger partial charge in [0.25, 0.3) is 0 Å². The molecule has 0 radical (unpaired) electrons. The summed E-state index contributed by atoms with van der Waals surface area (Å²) >= 11 is 0. The minimum atomic E-state index is -4.56. The number of hydrogen-bond acceptors (Lipinski definition) is 5. The number of imidazole rings is 2. The standard InChI is InChI=1S/C17H14F3N5O2S/c1-3-28(26,27)16-13(23-12-6-4-5-7-25(12)16)15-22-11-8-10(17(18,19)20)9-21-14(11)24(15)2/h4-9H,3H2,1-2H3. The Hall–Kier alpha value is -2.95. The average Bonchev–Trinajstić information content (AvgIpc) is 3.19. The summed E-state index contributed by atoms with van der Waals surface area (Å²) in [5, 5.41) is -0.0555. The fourth-order valence-electron chi connectivity index (χ4n) is 3.00. The number of pyridine rings is 2. The minimum absolute atomic E-state index is 0.00391. The normalized spacial score (nSPS) is 12.9. The first-order valence-electron chi connectivity index (χ1n) is 8.23. The Morgan fingerprint density at radius 1 is 1.18 bits per heavy atom. The van der Waals surface area contributed by atoms with Gasteiger partial charge in [0.2, 0.25) is 0 Å². The van der Waals surface area contributed by atoms with Gasteiger partial charge in [0.05, 0.1) is 11.3 Å². The van der Waals surface area contributed by atoms with Crippen molar-refractivity contribution in [3.05, 3.63) is 42.2 Å². The van der Waals surface area contributed by atoms with Crippen molar-refractivity contribution in [2.45, 2.75) is 18.1 Å². The van der Waals surface area contributed by atoms with Gasteiger partial charge in [-0.25, -0.2) is 23.4 Å². The number of alkyl halides is 3. The molecule has 0 bridgehead atoms. The third-order valence-electron chi connectivity index (χ3n) is 4.41. The second-order valence-corrected chi connectivity index (χ2v) is 8.35. The second-order valence-electron chi connectivity index (χ2n) is 6.16. The van der Waals surface area contributed by atoms with Gasteiger partial charge in [-0.15, -0.1) is 0 Å². The summed E-state index contributed by atoms with van der Waals surface area (Å²) in [5.74, 6) is -0.0409. The average molecular weight is 409 g/mol. The van der Waals surface area contributed by atoms with Crippen molar-refractivity contribution in [1.82, 2.24) is 23.9 Å². The maximum Gasteiger partial charge on any atom is 0.417 e. The van der Waals surface area contributed by atoms with Gasteiger partial charge >= 0.3 is 6.18 Å².